The average molecular weight is 304 g/mol. The number of amides is 1. The molecule has 0 aliphatic heterocycles. The maximum Gasteiger partial charge on any atom is 0.223 e. The van der Waals surface area contributed by atoms with Crippen LogP contribution in [-0.2, 0) is 4.79 Å². The van der Waals surface area contributed by atoms with Gasteiger partial charge in [0.15, 0.2) is 0 Å². The summed E-state index contributed by atoms with van der Waals surface area (Å²) in [6, 6.07) is 0. The van der Waals surface area contributed by atoms with E-state index < -0.39 is 9.96 Å². The summed E-state index contributed by atoms with van der Waals surface area (Å²) in [5, 5.41) is 5.74. The highest BCUT2D eigenvalue weighted by atomic mass is 35.6. The Morgan fingerprint density at radius 3 is 2.29 bits per heavy atom. The van der Waals surface area contributed by atoms with Crippen molar-refractivity contribution in [2.24, 2.45) is 5.92 Å². The van der Waals surface area contributed by atoms with Crippen molar-refractivity contribution in [3.8, 4) is 0 Å². The largest absolute Gasteiger partial charge is 0.337 e. The van der Waals surface area contributed by atoms with Crippen LogP contribution in [0.3, 0.4) is 0 Å². The summed E-state index contributed by atoms with van der Waals surface area (Å²) in [4.78, 5) is 11.6. The second-order valence-electron chi connectivity index (χ2n) is 4.45. The molecule has 17 heavy (non-hydrogen) atoms. The quantitative estimate of drug-likeness (QED) is 0.431. The molecule has 0 aliphatic rings. The van der Waals surface area contributed by atoms with Crippen molar-refractivity contribution in [1.82, 2.24) is 10.6 Å². The van der Waals surface area contributed by atoms with Crippen molar-refractivity contribution in [3.05, 3.63) is 0 Å². The van der Waals surface area contributed by atoms with E-state index >= 15 is 0 Å². The Balaban J connectivity index is 4.24. The topological polar surface area (TPSA) is 41.1 Å². The molecule has 1 atom stereocenters. The van der Waals surface area contributed by atoms with Gasteiger partial charge in [-0.15, -0.1) is 0 Å². The van der Waals surface area contributed by atoms with Gasteiger partial charge in [-0.05, 0) is 18.9 Å². The number of nitrogens with one attached hydrogen (secondary N) is 2. The first kappa shape index (κ1) is 17.3. The fourth-order valence-corrected chi connectivity index (χ4v) is 1.66. The van der Waals surface area contributed by atoms with Crippen LogP contribution in [0.2, 0.25) is 0 Å². The molecule has 0 bridgehead atoms. The van der Waals surface area contributed by atoms with Crippen molar-refractivity contribution >= 4 is 40.7 Å². The number of alkyl halides is 3. The van der Waals surface area contributed by atoms with E-state index in [0.717, 1.165) is 12.8 Å². The Kier molecular flexibility index (Phi) is 8.56. The van der Waals surface area contributed by atoms with Crippen LogP contribution >= 0.6 is 34.8 Å². The van der Waals surface area contributed by atoms with E-state index in [0.29, 0.717) is 13.0 Å². The smallest absolute Gasteiger partial charge is 0.223 e. The van der Waals surface area contributed by atoms with Gasteiger partial charge in [0.1, 0.15) is 6.17 Å². The summed E-state index contributed by atoms with van der Waals surface area (Å²) in [5.74, 6) is 0.169. The lowest BCUT2D eigenvalue weighted by molar-refractivity contribution is -0.122. The molecule has 0 aliphatic carbocycles. The van der Waals surface area contributed by atoms with Crippen LogP contribution in [-0.4, -0.2) is 22.4 Å². The van der Waals surface area contributed by atoms with Crippen LogP contribution in [0.15, 0.2) is 0 Å². The molecule has 0 aromatic heterocycles. The lowest BCUT2D eigenvalue weighted by Crippen LogP contribution is -2.53. The molecule has 6 heteroatoms. The molecule has 0 fully saturated rings. The lowest BCUT2D eigenvalue weighted by atomic mass is 10.1. The number of halogens is 3. The molecule has 3 nitrogen and oxygen atoms in total. The zero-order valence-corrected chi connectivity index (χ0v) is 12.8. The highest BCUT2D eigenvalue weighted by Gasteiger charge is 2.33. The highest BCUT2D eigenvalue weighted by Crippen LogP contribution is 2.29. The first-order valence-electron chi connectivity index (χ1n) is 5.86. The third-order valence-corrected chi connectivity index (χ3v) is 2.76. The van der Waals surface area contributed by atoms with Gasteiger partial charge in [-0.25, -0.2) is 0 Å². The third kappa shape index (κ3) is 8.95. The number of unbranched alkanes of at least 4 members (excludes halogenated alkanes) is 1. The number of hydrogen-bond acceptors (Lipinski definition) is 2. The maximum absolute atomic E-state index is 11.6. The summed E-state index contributed by atoms with van der Waals surface area (Å²) in [6.07, 6.45) is 1.79. The molecule has 1 amide bonds. The number of rotatable bonds is 7. The molecular formula is C11H21Cl3N2O. The molecule has 102 valence electrons. The molecule has 1 unspecified atom stereocenters. The number of carbonyl (C=O) groups is 1. The second kappa shape index (κ2) is 8.41. The summed E-state index contributed by atoms with van der Waals surface area (Å²) in [6.45, 7) is 6.71. The van der Waals surface area contributed by atoms with Crippen molar-refractivity contribution < 1.29 is 4.79 Å². The van der Waals surface area contributed by atoms with Gasteiger partial charge in [0.05, 0.1) is 0 Å². The zero-order chi connectivity index (χ0) is 13.5. The third-order valence-electron chi connectivity index (χ3n) is 2.11. The van der Waals surface area contributed by atoms with Gasteiger partial charge in [-0.1, -0.05) is 62.0 Å². The summed E-state index contributed by atoms with van der Waals surface area (Å²) >= 11 is 17.4. The SMILES string of the molecule is CCCCNC(NC(=O)CC(C)C)C(Cl)(Cl)Cl. The number of hydrogen-bond donors (Lipinski definition) is 2. The van der Waals surface area contributed by atoms with Crippen molar-refractivity contribution in [2.45, 2.75) is 50.0 Å². The van der Waals surface area contributed by atoms with E-state index in [9.17, 15) is 4.79 Å². The van der Waals surface area contributed by atoms with Gasteiger partial charge >= 0.3 is 0 Å². The van der Waals surface area contributed by atoms with Gasteiger partial charge in [0, 0.05) is 6.42 Å². The molecular weight excluding hydrogens is 282 g/mol. The second-order valence-corrected chi connectivity index (χ2v) is 6.82. The van der Waals surface area contributed by atoms with Crippen LogP contribution < -0.4 is 10.6 Å². The Morgan fingerprint density at radius 2 is 1.88 bits per heavy atom. The first-order chi connectivity index (χ1) is 7.77. The first-order valence-corrected chi connectivity index (χ1v) is 7.00. The highest BCUT2D eigenvalue weighted by molar-refractivity contribution is 6.68. The molecule has 0 heterocycles. The Morgan fingerprint density at radius 1 is 1.29 bits per heavy atom. The fraction of sp³-hybridized carbons (Fsp3) is 0.909. The molecule has 0 saturated carbocycles. The minimum atomic E-state index is -1.54. The van der Waals surface area contributed by atoms with E-state index in [1.54, 1.807) is 0 Å². The van der Waals surface area contributed by atoms with Crippen LogP contribution in [0, 0.1) is 5.92 Å². The van der Waals surface area contributed by atoms with Gasteiger partial charge in [0.2, 0.25) is 9.70 Å². The minimum Gasteiger partial charge on any atom is -0.337 e. The van der Waals surface area contributed by atoms with E-state index in [1.165, 1.54) is 0 Å². The van der Waals surface area contributed by atoms with Crippen LogP contribution in [0.5, 0.6) is 0 Å². The summed E-state index contributed by atoms with van der Waals surface area (Å²) < 4.78 is -1.54. The van der Waals surface area contributed by atoms with Crippen LogP contribution in [0.1, 0.15) is 40.0 Å². The lowest BCUT2D eigenvalue weighted by Gasteiger charge is -2.27. The molecule has 0 radical (unpaired) electrons. The molecule has 0 aromatic carbocycles. The van der Waals surface area contributed by atoms with Crippen molar-refractivity contribution in [2.75, 3.05) is 6.54 Å². The molecule has 0 rings (SSSR count). The maximum atomic E-state index is 11.6. The van der Waals surface area contributed by atoms with E-state index in [4.69, 9.17) is 34.8 Å². The predicted molar refractivity (Wildman–Crippen MR) is 74.6 cm³/mol. The van der Waals surface area contributed by atoms with Gasteiger partial charge < -0.3 is 5.32 Å². The standard InChI is InChI=1S/C11H21Cl3N2O/c1-4-5-6-15-10(11(12,13)14)16-9(17)7-8(2)3/h8,10,15H,4-7H2,1-3H3,(H,16,17). The van der Waals surface area contributed by atoms with E-state index in [-0.39, 0.29) is 11.8 Å². The van der Waals surface area contributed by atoms with E-state index in [1.807, 2.05) is 13.8 Å². The summed E-state index contributed by atoms with van der Waals surface area (Å²) in [5.41, 5.74) is 0. The Bertz CT molecular complexity index is 229. The Hall–Kier alpha value is 0.300. The number of carbonyl (C=O) groups excluding carboxylic acids is 1. The Labute approximate surface area is 119 Å². The van der Waals surface area contributed by atoms with Gasteiger partial charge in [-0.3, -0.25) is 10.1 Å². The fourth-order valence-electron chi connectivity index (χ4n) is 1.26. The molecule has 0 spiro atoms. The molecule has 2 N–H and O–H groups in total. The van der Waals surface area contributed by atoms with Gasteiger partial charge in [-0.2, -0.15) is 0 Å². The monoisotopic (exact) mass is 302 g/mol. The zero-order valence-electron chi connectivity index (χ0n) is 10.5. The minimum absolute atomic E-state index is 0.111. The normalized spacial score (nSPS) is 13.8. The van der Waals surface area contributed by atoms with Crippen LogP contribution in [0.4, 0.5) is 0 Å². The van der Waals surface area contributed by atoms with Crippen molar-refractivity contribution in [1.29, 1.82) is 0 Å². The van der Waals surface area contributed by atoms with Gasteiger partial charge in [0.25, 0.3) is 0 Å². The van der Waals surface area contributed by atoms with Crippen molar-refractivity contribution in [3.63, 3.8) is 0 Å². The average Bonchev–Trinajstić information content (AvgIpc) is 2.13. The molecule has 0 saturated heterocycles. The predicted octanol–water partition coefficient (Wildman–Crippen LogP) is 3.23. The molecule has 0 aromatic rings. The van der Waals surface area contributed by atoms with Crippen LogP contribution in [0.25, 0.3) is 0 Å². The van der Waals surface area contributed by atoms with E-state index in [2.05, 4.69) is 17.6 Å². The summed E-state index contributed by atoms with van der Waals surface area (Å²) in [7, 11) is 0.